The molecule has 0 amide bonds. The van der Waals surface area contributed by atoms with Gasteiger partial charge in [0.05, 0.1) is 10.5 Å². The first-order valence-electron chi connectivity index (χ1n) is 7.63. The molecule has 0 aromatic heterocycles. The van der Waals surface area contributed by atoms with Gasteiger partial charge >= 0.3 is 6.18 Å². The van der Waals surface area contributed by atoms with Crippen LogP contribution in [0, 0.1) is 0 Å². The predicted molar refractivity (Wildman–Crippen MR) is 79.4 cm³/mol. The van der Waals surface area contributed by atoms with Crippen LogP contribution in [0.5, 0.6) is 0 Å². The summed E-state index contributed by atoms with van der Waals surface area (Å²) in [7, 11) is -4.18. The molecule has 3 rings (SSSR count). The van der Waals surface area contributed by atoms with Crippen LogP contribution < -0.4 is 0 Å². The number of alkyl halides is 3. The third-order valence-electron chi connectivity index (χ3n) is 4.66. The molecule has 1 aromatic carbocycles. The van der Waals surface area contributed by atoms with Crippen molar-refractivity contribution in [1.82, 2.24) is 9.21 Å². The van der Waals surface area contributed by atoms with Crippen LogP contribution >= 0.6 is 0 Å². The third-order valence-corrected chi connectivity index (χ3v) is 6.70. The van der Waals surface area contributed by atoms with E-state index < -0.39 is 26.7 Å². The molecule has 0 saturated carbocycles. The van der Waals surface area contributed by atoms with E-state index in [1.165, 1.54) is 16.4 Å². The smallest absolute Gasteiger partial charge is 0.297 e. The van der Waals surface area contributed by atoms with Gasteiger partial charge in [-0.05, 0) is 38.4 Å². The van der Waals surface area contributed by atoms with Crippen LogP contribution in [0.4, 0.5) is 13.2 Å². The quantitative estimate of drug-likeness (QED) is 0.825. The molecule has 2 aliphatic rings. The molecular weight excluding hydrogens is 329 g/mol. The fourth-order valence-corrected chi connectivity index (χ4v) is 5.42. The largest absolute Gasteiger partial charge is 0.417 e. The minimum absolute atomic E-state index is 0.110. The molecule has 2 atom stereocenters. The average Bonchev–Trinajstić information content (AvgIpc) is 2.92. The lowest BCUT2D eigenvalue weighted by Gasteiger charge is -2.41. The van der Waals surface area contributed by atoms with Crippen LogP contribution in [0.2, 0.25) is 0 Å². The highest BCUT2D eigenvalue weighted by molar-refractivity contribution is 7.89. The fourth-order valence-electron chi connectivity index (χ4n) is 3.55. The number of hydrogen-bond donors (Lipinski definition) is 0. The first-order valence-corrected chi connectivity index (χ1v) is 9.07. The van der Waals surface area contributed by atoms with Crippen LogP contribution in [0.1, 0.15) is 25.3 Å². The SMILES string of the molecule is C[C@H]1CN2CCC[C@@H]2CN1S(=O)(=O)c1ccccc1C(F)(F)F. The highest BCUT2D eigenvalue weighted by Gasteiger charge is 2.43. The summed E-state index contributed by atoms with van der Waals surface area (Å²) >= 11 is 0. The first kappa shape index (κ1) is 16.7. The molecule has 8 heteroatoms. The maximum absolute atomic E-state index is 13.2. The van der Waals surface area contributed by atoms with E-state index in [2.05, 4.69) is 4.90 Å². The number of sulfonamides is 1. The summed E-state index contributed by atoms with van der Waals surface area (Å²) in [5.41, 5.74) is -1.10. The van der Waals surface area contributed by atoms with Crippen molar-refractivity contribution in [2.24, 2.45) is 0 Å². The van der Waals surface area contributed by atoms with E-state index >= 15 is 0 Å². The van der Waals surface area contributed by atoms with Crippen molar-refractivity contribution in [2.45, 2.75) is 42.9 Å². The summed E-state index contributed by atoms with van der Waals surface area (Å²) in [6, 6.07) is 4.18. The average molecular weight is 348 g/mol. The van der Waals surface area contributed by atoms with Crippen molar-refractivity contribution in [1.29, 1.82) is 0 Å². The van der Waals surface area contributed by atoms with E-state index in [-0.39, 0.29) is 18.6 Å². The van der Waals surface area contributed by atoms with Crippen molar-refractivity contribution in [3.63, 3.8) is 0 Å². The summed E-state index contributed by atoms with van der Waals surface area (Å²) in [6.45, 7) is 3.51. The van der Waals surface area contributed by atoms with E-state index in [1.807, 2.05) is 0 Å². The number of fused-ring (bicyclic) bond motifs is 1. The van der Waals surface area contributed by atoms with Crippen LogP contribution in [0.15, 0.2) is 29.2 Å². The molecule has 0 aliphatic carbocycles. The van der Waals surface area contributed by atoms with Gasteiger partial charge in [-0.1, -0.05) is 12.1 Å². The summed E-state index contributed by atoms with van der Waals surface area (Å²) in [6.07, 6.45) is -2.80. The number of rotatable bonds is 2. The van der Waals surface area contributed by atoms with Crippen molar-refractivity contribution >= 4 is 10.0 Å². The second-order valence-corrected chi connectivity index (χ2v) is 8.07. The highest BCUT2D eigenvalue weighted by atomic mass is 32.2. The number of nitrogens with zero attached hydrogens (tertiary/aromatic N) is 2. The Morgan fingerprint density at radius 2 is 1.87 bits per heavy atom. The van der Waals surface area contributed by atoms with Crippen LogP contribution in [0.3, 0.4) is 0 Å². The van der Waals surface area contributed by atoms with Gasteiger partial charge in [0.1, 0.15) is 0 Å². The van der Waals surface area contributed by atoms with Gasteiger partial charge in [0.25, 0.3) is 0 Å². The molecule has 4 nitrogen and oxygen atoms in total. The van der Waals surface area contributed by atoms with Crippen molar-refractivity contribution < 1.29 is 21.6 Å². The van der Waals surface area contributed by atoms with Crippen LogP contribution in [0.25, 0.3) is 0 Å². The first-order chi connectivity index (χ1) is 10.7. The van der Waals surface area contributed by atoms with Gasteiger partial charge in [-0.3, -0.25) is 4.90 Å². The van der Waals surface area contributed by atoms with E-state index in [0.29, 0.717) is 6.54 Å². The number of halogens is 3. The van der Waals surface area contributed by atoms with Gasteiger partial charge in [-0.15, -0.1) is 0 Å². The van der Waals surface area contributed by atoms with Gasteiger partial charge in [0, 0.05) is 25.2 Å². The van der Waals surface area contributed by atoms with Crippen molar-refractivity contribution in [3.05, 3.63) is 29.8 Å². The summed E-state index contributed by atoms with van der Waals surface area (Å²) < 4.78 is 66.5. The summed E-state index contributed by atoms with van der Waals surface area (Å²) in [5, 5.41) is 0. The third kappa shape index (κ3) is 2.99. The van der Waals surface area contributed by atoms with Gasteiger partial charge < -0.3 is 0 Å². The van der Waals surface area contributed by atoms with Crippen molar-refractivity contribution in [3.8, 4) is 0 Å². The second-order valence-electron chi connectivity index (χ2n) is 6.21. The second kappa shape index (κ2) is 5.75. The van der Waals surface area contributed by atoms with E-state index in [1.54, 1.807) is 6.92 Å². The van der Waals surface area contributed by atoms with Crippen LogP contribution in [-0.4, -0.2) is 49.3 Å². The summed E-state index contributed by atoms with van der Waals surface area (Å²) in [5.74, 6) is 0. The summed E-state index contributed by atoms with van der Waals surface area (Å²) in [4.78, 5) is 1.58. The molecular formula is C15H19F3N2O2S. The standard InChI is InChI=1S/C15H19F3N2O2S/c1-11-9-19-8-4-5-12(19)10-20(11)23(21,22)14-7-3-2-6-13(14)15(16,17)18/h2-3,6-7,11-12H,4-5,8-10H2,1H3/t11-,12+/m0/s1. The number of hydrogen-bond acceptors (Lipinski definition) is 3. The molecule has 2 heterocycles. The maximum Gasteiger partial charge on any atom is 0.417 e. The zero-order valence-electron chi connectivity index (χ0n) is 12.8. The normalized spacial score (nSPS) is 27.1. The lowest BCUT2D eigenvalue weighted by molar-refractivity contribution is -0.139. The molecule has 23 heavy (non-hydrogen) atoms. The fraction of sp³-hybridized carbons (Fsp3) is 0.600. The Bertz CT molecular complexity index is 690. The van der Waals surface area contributed by atoms with Gasteiger partial charge in [-0.25, -0.2) is 8.42 Å². The number of piperazine rings is 1. The zero-order valence-corrected chi connectivity index (χ0v) is 13.6. The number of benzene rings is 1. The Labute approximate surface area is 133 Å². The zero-order chi connectivity index (χ0) is 16.8. The van der Waals surface area contributed by atoms with E-state index in [4.69, 9.17) is 0 Å². The topological polar surface area (TPSA) is 40.6 Å². The Kier molecular flexibility index (Phi) is 4.18. The Morgan fingerprint density at radius 3 is 2.57 bits per heavy atom. The Morgan fingerprint density at radius 1 is 1.17 bits per heavy atom. The van der Waals surface area contributed by atoms with Gasteiger partial charge in [0.2, 0.25) is 10.0 Å². The maximum atomic E-state index is 13.2. The molecule has 0 bridgehead atoms. The minimum Gasteiger partial charge on any atom is -0.297 e. The molecule has 2 saturated heterocycles. The van der Waals surface area contributed by atoms with E-state index in [9.17, 15) is 21.6 Å². The lowest BCUT2D eigenvalue weighted by Crippen LogP contribution is -2.56. The highest BCUT2D eigenvalue weighted by Crippen LogP contribution is 2.37. The molecule has 0 N–H and O–H groups in total. The molecule has 0 unspecified atom stereocenters. The molecule has 128 valence electrons. The lowest BCUT2D eigenvalue weighted by atomic mass is 10.1. The molecule has 1 aromatic rings. The predicted octanol–water partition coefficient (Wildman–Crippen LogP) is 2.56. The van der Waals surface area contributed by atoms with E-state index in [0.717, 1.165) is 31.5 Å². The Balaban J connectivity index is 1.99. The van der Waals surface area contributed by atoms with Gasteiger partial charge in [0.15, 0.2) is 0 Å². The monoisotopic (exact) mass is 348 g/mol. The molecule has 0 radical (unpaired) electrons. The van der Waals surface area contributed by atoms with Crippen LogP contribution in [-0.2, 0) is 16.2 Å². The Hall–Kier alpha value is -1.12. The molecule has 2 aliphatic heterocycles. The molecule has 2 fully saturated rings. The van der Waals surface area contributed by atoms with Gasteiger partial charge in [-0.2, -0.15) is 17.5 Å². The minimum atomic E-state index is -4.69. The van der Waals surface area contributed by atoms with Crippen molar-refractivity contribution in [2.75, 3.05) is 19.6 Å². The molecule has 0 spiro atoms.